The molecule has 3 aromatic carbocycles. The van der Waals surface area contributed by atoms with E-state index in [0.717, 1.165) is 51.7 Å². The number of aromatic nitrogens is 1. The highest BCUT2D eigenvalue weighted by molar-refractivity contribution is 6.09. The van der Waals surface area contributed by atoms with Crippen LogP contribution in [0.5, 0.6) is 0 Å². The van der Waals surface area contributed by atoms with Gasteiger partial charge in [0.15, 0.2) is 0 Å². The minimum Gasteiger partial charge on any atom is -0.345 e. The summed E-state index contributed by atoms with van der Waals surface area (Å²) in [6.45, 7) is 4.18. The molecule has 0 bridgehead atoms. The zero-order valence-electron chi connectivity index (χ0n) is 17.4. The fourth-order valence-corrected chi connectivity index (χ4v) is 4.03. The molecule has 0 radical (unpaired) electrons. The Morgan fingerprint density at radius 3 is 2.17 bits per heavy atom. The van der Waals surface area contributed by atoms with Crippen LogP contribution < -0.4 is 5.32 Å². The van der Waals surface area contributed by atoms with E-state index in [9.17, 15) is 4.79 Å². The van der Waals surface area contributed by atoms with E-state index < -0.39 is 0 Å². The second kappa shape index (κ2) is 8.91. The first-order valence-corrected chi connectivity index (χ1v) is 10.6. The maximum absolute atomic E-state index is 13.6. The molecular formula is C27H26N2O. The van der Waals surface area contributed by atoms with Gasteiger partial charge < -0.3 is 5.32 Å². The highest BCUT2D eigenvalue weighted by atomic mass is 16.1. The number of para-hydroxylation sites is 1. The summed E-state index contributed by atoms with van der Waals surface area (Å²) in [6.07, 6.45) is 1.55. The highest BCUT2D eigenvalue weighted by Crippen LogP contribution is 2.31. The summed E-state index contributed by atoms with van der Waals surface area (Å²) in [5.74, 6) is -0.0432. The van der Waals surface area contributed by atoms with Gasteiger partial charge in [-0.15, -0.1) is 0 Å². The number of carbonyl (C=O) groups is 1. The largest absolute Gasteiger partial charge is 0.345 e. The summed E-state index contributed by atoms with van der Waals surface area (Å²) in [5.41, 5.74) is 5.59. The van der Waals surface area contributed by atoms with Gasteiger partial charge in [-0.25, -0.2) is 4.98 Å². The van der Waals surface area contributed by atoms with Crippen LogP contribution in [0.1, 0.15) is 47.8 Å². The Bertz CT molecular complexity index is 1150. The van der Waals surface area contributed by atoms with Crippen LogP contribution in [-0.2, 0) is 6.42 Å². The fraction of sp³-hybridized carbons (Fsp3) is 0.185. The first-order valence-electron chi connectivity index (χ1n) is 10.6. The molecule has 0 aliphatic heterocycles. The molecule has 0 aliphatic rings. The maximum Gasteiger partial charge on any atom is 0.252 e. The van der Waals surface area contributed by atoms with Crippen molar-refractivity contribution in [1.82, 2.24) is 10.3 Å². The summed E-state index contributed by atoms with van der Waals surface area (Å²) in [4.78, 5) is 18.6. The van der Waals surface area contributed by atoms with E-state index in [1.807, 2.05) is 60.7 Å². The molecule has 4 aromatic rings. The van der Waals surface area contributed by atoms with Gasteiger partial charge in [-0.2, -0.15) is 0 Å². The lowest BCUT2D eigenvalue weighted by atomic mass is 9.94. The molecule has 0 saturated heterocycles. The standard InChI is InChI=1S/C27H26N2O/c1-3-21-25(27(30)29-23(4-2)19-13-7-5-8-14-19)22-17-11-12-18-24(22)28-26(21)20-15-9-6-10-16-20/h5-18,23H,3-4H2,1-2H3,(H,29,30)/t23-/m0/s1. The summed E-state index contributed by atoms with van der Waals surface area (Å²) in [6, 6.07) is 28.1. The fourth-order valence-electron chi connectivity index (χ4n) is 4.03. The number of fused-ring (bicyclic) bond motifs is 1. The minimum atomic E-state index is -0.0432. The lowest BCUT2D eigenvalue weighted by Gasteiger charge is -2.21. The van der Waals surface area contributed by atoms with Gasteiger partial charge in [0, 0.05) is 10.9 Å². The number of benzene rings is 3. The number of rotatable bonds is 6. The zero-order valence-corrected chi connectivity index (χ0v) is 17.4. The first-order chi connectivity index (χ1) is 14.7. The molecule has 1 atom stereocenters. The normalized spacial score (nSPS) is 11.9. The topological polar surface area (TPSA) is 42.0 Å². The van der Waals surface area contributed by atoms with Crippen LogP contribution in [0.4, 0.5) is 0 Å². The molecular weight excluding hydrogens is 368 g/mol. The summed E-state index contributed by atoms with van der Waals surface area (Å²) in [7, 11) is 0. The van der Waals surface area contributed by atoms with Crippen LogP contribution in [0.25, 0.3) is 22.2 Å². The van der Waals surface area contributed by atoms with Crippen molar-refractivity contribution in [2.45, 2.75) is 32.7 Å². The molecule has 3 heteroatoms. The molecule has 0 fully saturated rings. The smallest absolute Gasteiger partial charge is 0.252 e. The Balaban J connectivity index is 1.85. The number of nitrogens with zero attached hydrogens (tertiary/aromatic N) is 1. The van der Waals surface area contributed by atoms with E-state index in [1.165, 1.54) is 0 Å². The first kappa shape index (κ1) is 19.8. The molecule has 150 valence electrons. The molecule has 0 unspecified atom stereocenters. The van der Waals surface area contributed by atoms with E-state index in [4.69, 9.17) is 4.98 Å². The molecule has 1 heterocycles. The van der Waals surface area contributed by atoms with Crippen LogP contribution in [0.2, 0.25) is 0 Å². The van der Waals surface area contributed by atoms with Gasteiger partial charge in [-0.1, -0.05) is 92.7 Å². The van der Waals surface area contributed by atoms with Crippen molar-refractivity contribution in [3.05, 3.63) is 102 Å². The molecule has 4 rings (SSSR count). The van der Waals surface area contributed by atoms with Crippen LogP contribution in [0.3, 0.4) is 0 Å². The van der Waals surface area contributed by atoms with E-state index >= 15 is 0 Å². The third-order valence-corrected chi connectivity index (χ3v) is 5.54. The third kappa shape index (κ3) is 3.84. The number of carbonyl (C=O) groups excluding carboxylic acids is 1. The predicted octanol–water partition coefficient (Wildman–Crippen LogP) is 6.35. The van der Waals surface area contributed by atoms with Gasteiger partial charge >= 0.3 is 0 Å². The van der Waals surface area contributed by atoms with Gasteiger partial charge in [-0.05, 0) is 30.0 Å². The minimum absolute atomic E-state index is 0.0319. The Labute approximate surface area is 177 Å². The zero-order chi connectivity index (χ0) is 20.9. The van der Waals surface area contributed by atoms with E-state index in [1.54, 1.807) is 0 Å². The SMILES string of the molecule is CCc1c(-c2ccccc2)nc2ccccc2c1C(=O)N[C@@H](CC)c1ccccc1. The Morgan fingerprint density at radius 2 is 1.50 bits per heavy atom. The van der Waals surface area contributed by atoms with E-state index in [-0.39, 0.29) is 11.9 Å². The van der Waals surface area contributed by atoms with Crippen LogP contribution in [0, 0.1) is 0 Å². The monoisotopic (exact) mass is 394 g/mol. The van der Waals surface area contributed by atoms with Gasteiger partial charge in [0.25, 0.3) is 5.91 Å². The second-order valence-corrected chi connectivity index (χ2v) is 7.40. The number of amides is 1. The van der Waals surface area contributed by atoms with Gasteiger partial charge in [0.05, 0.1) is 22.8 Å². The van der Waals surface area contributed by atoms with Crippen molar-refractivity contribution in [2.24, 2.45) is 0 Å². The summed E-state index contributed by atoms with van der Waals surface area (Å²) < 4.78 is 0. The molecule has 1 amide bonds. The van der Waals surface area contributed by atoms with Gasteiger partial charge in [0.2, 0.25) is 0 Å². The van der Waals surface area contributed by atoms with Gasteiger partial charge in [-0.3, -0.25) is 4.79 Å². The lowest BCUT2D eigenvalue weighted by Crippen LogP contribution is -2.29. The molecule has 0 aliphatic carbocycles. The molecule has 30 heavy (non-hydrogen) atoms. The van der Waals surface area contributed by atoms with Crippen molar-refractivity contribution in [3.63, 3.8) is 0 Å². The third-order valence-electron chi connectivity index (χ3n) is 5.54. The summed E-state index contributed by atoms with van der Waals surface area (Å²) >= 11 is 0. The Morgan fingerprint density at radius 1 is 0.867 bits per heavy atom. The Hall–Kier alpha value is -3.46. The molecule has 1 aromatic heterocycles. The molecule has 0 spiro atoms. The number of nitrogens with one attached hydrogen (secondary N) is 1. The molecule has 1 N–H and O–H groups in total. The highest BCUT2D eigenvalue weighted by Gasteiger charge is 2.22. The average molecular weight is 395 g/mol. The van der Waals surface area contributed by atoms with Crippen molar-refractivity contribution >= 4 is 16.8 Å². The summed E-state index contributed by atoms with van der Waals surface area (Å²) in [5, 5.41) is 4.18. The number of pyridine rings is 1. The van der Waals surface area contributed by atoms with Crippen LogP contribution >= 0.6 is 0 Å². The van der Waals surface area contributed by atoms with E-state index in [0.29, 0.717) is 0 Å². The average Bonchev–Trinajstić information content (AvgIpc) is 2.82. The molecule has 3 nitrogen and oxygen atoms in total. The van der Waals surface area contributed by atoms with Crippen molar-refractivity contribution in [1.29, 1.82) is 0 Å². The predicted molar refractivity (Wildman–Crippen MR) is 123 cm³/mol. The van der Waals surface area contributed by atoms with Crippen LogP contribution in [0.15, 0.2) is 84.9 Å². The van der Waals surface area contributed by atoms with Crippen LogP contribution in [-0.4, -0.2) is 10.9 Å². The lowest BCUT2D eigenvalue weighted by molar-refractivity contribution is 0.0936. The van der Waals surface area contributed by atoms with Crippen molar-refractivity contribution in [3.8, 4) is 11.3 Å². The van der Waals surface area contributed by atoms with Gasteiger partial charge in [0.1, 0.15) is 0 Å². The number of hydrogen-bond acceptors (Lipinski definition) is 2. The van der Waals surface area contributed by atoms with Crippen molar-refractivity contribution in [2.75, 3.05) is 0 Å². The Kier molecular flexibility index (Phi) is 5.89. The maximum atomic E-state index is 13.6. The van der Waals surface area contributed by atoms with E-state index in [2.05, 4.69) is 43.4 Å². The molecule has 0 saturated carbocycles. The quantitative estimate of drug-likeness (QED) is 0.414. The second-order valence-electron chi connectivity index (χ2n) is 7.40. The van der Waals surface area contributed by atoms with Crippen molar-refractivity contribution < 1.29 is 4.79 Å². The number of hydrogen-bond donors (Lipinski definition) is 1.